The number of rotatable bonds is 2. The highest BCUT2D eigenvalue weighted by Crippen LogP contribution is 2.40. The monoisotopic (exact) mass is 242 g/mol. The largest absolute Gasteiger partial charge is 0.457 e. The summed E-state index contributed by atoms with van der Waals surface area (Å²) >= 11 is 0. The Kier molecular flexibility index (Phi) is 3.21. The summed E-state index contributed by atoms with van der Waals surface area (Å²) in [6, 6.07) is 0. The first-order valence-electron chi connectivity index (χ1n) is 6.49. The van der Waals surface area contributed by atoms with E-state index in [1.165, 1.54) is 0 Å². The van der Waals surface area contributed by atoms with Crippen LogP contribution in [-0.2, 0) is 14.3 Å². The van der Waals surface area contributed by atoms with Crippen LogP contribution < -0.4 is 0 Å². The molecule has 4 atom stereocenters. The van der Waals surface area contributed by atoms with Crippen LogP contribution in [0.4, 0.5) is 0 Å². The van der Waals surface area contributed by atoms with Crippen LogP contribution in [0.15, 0.2) is 0 Å². The van der Waals surface area contributed by atoms with Gasteiger partial charge in [-0.1, -0.05) is 6.92 Å². The van der Waals surface area contributed by atoms with Crippen molar-refractivity contribution < 1.29 is 19.4 Å². The summed E-state index contributed by atoms with van der Waals surface area (Å²) in [6.45, 7) is 5.80. The smallest absolute Gasteiger partial charge is 0.306 e. The SMILES string of the molecule is CC[C@@]1(O)CC[C@H]([C@]2(C)CCC(=O)O2)O[C@H]1C. The normalized spacial score (nSPS) is 46.9. The molecule has 0 aromatic carbocycles. The maximum Gasteiger partial charge on any atom is 0.306 e. The molecule has 0 aromatic rings. The van der Waals surface area contributed by atoms with Gasteiger partial charge in [0.1, 0.15) is 5.60 Å². The first kappa shape index (κ1) is 12.8. The maximum absolute atomic E-state index is 11.2. The van der Waals surface area contributed by atoms with Gasteiger partial charge < -0.3 is 14.6 Å². The molecule has 4 nitrogen and oxygen atoms in total. The summed E-state index contributed by atoms with van der Waals surface area (Å²) in [4.78, 5) is 11.2. The van der Waals surface area contributed by atoms with Gasteiger partial charge in [-0.2, -0.15) is 0 Å². The van der Waals surface area contributed by atoms with Crippen LogP contribution in [0.2, 0.25) is 0 Å². The molecular weight excluding hydrogens is 220 g/mol. The van der Waals surface area contributed by atoms with E-state index in [1.807, 2.05) is 20.8 Å². The predicted molar refractivity (Wildman–Crippen MR) is 62.5 cm³/mol. The Bertz CT molecular complexity index is 317. The molecule has 2 heterocycles. The van der Waals surface area contributed by atoms with E-state index in [9.17, 15) is 9.90 Å². The van der Waals surface area contributed by atoms with Crippen LogP contribution in [0.25, 0.3) is 0 Å². The zero-order valence-corrected chi connectivity index (χ0v) is 10.9. The number of hydrogen-bond donors (Lipinski definition) is 1. The van der Waals surface area contributed by atoms with Crippen LogP contribution in [0, 0.1) is 0 Å². The summed E-state index contributed by atoms with van der Waals surface area (Å²) in [5.74, 6) is -0.139. The zero-order chi connectivity index (χ0) is 12.7. The molecule has 98 valence electrons. The molecule has 0 spiro atoms. The predicted octanol–water partition coefficient (Wildman–Crippen LogP) is 1.79. The topological polar surface area (TPSA) is 55.8 Å². The van der Waals surface area contributed by atoms with Crippen LogP contribution in [0.3, 0.4) is 0 Å². The van der Waals surface area contributed by atoms with E-state index >= 15 is 0 Å². The van der Waals surface area contributed by atoms with Crippen molar-refractivity contribution in [2.45, 2.75) is 76.3 Å². The second-order valence-corrected chi connectivity index (χ2v) is 5.55. The number of aliphatic hydroxyl groups is 1. The minimum atomic E-state index is -0.727. The molecule has 2 aliphatic heterocycles. The molecule has 0 saturated carbocycles. The fraction of sp³-hybridized carbons (Fsp3) is 0.923. The number of carbonyl (C=O) groups is 1. The van der Waals surface area contributed by atoms with Crippen LogP contribution in [0.1, 0.15) is 52.9 Å². The van der Waals surface area contributed by atoms with Crippen molar-refractivity contribution in [2.75, 3.05) is 0 Å². The molecule has 0 aliphatic carbocycles. The lowest BCUT2D eigenvalue weighted by atomic mass is 9.81. The third-order valence-electron chi connectivity index (χ3n) is 4.43. The van der Waals surface area contributed by atoms with Crippen molar-refractivity contribution in [3.63, 3.8) is 0 Å². The van der Waals surface area contributed by atoms with Gasteiger partial charge in [-0.25, -0.2) is 0 Å². The Labute approximate surface area is 102 Å². The van der Waals surface area contributed by atoms with Crippen molar-refractivity contribution >= 4 is 5.97 Å². The minimum absolute atomic E-state index is 0.0872. The quantitative estimate of drug-likeness (QED) is 0.750. The van der Waals surface area contributed by atoms with Gasteiger partial charge in [-0.3, -0.25) is 4.79 Å². The summed E-state index contributed by atoms with van der Waals surface area (Å²) in [7, 11) is 0. The average molecular weight is 242 g/mol. The molecule has 4 heteroatoms. The molecule has 0 radical (unpaired) electrons. The van der Waals surface area contributed by atoms with E-state index in [1.54, 1.807) is 0 Å². The number of esters is 1. The van der Waals surface area contributed by atoms with Gasteiger partial charge in [0.2, 0.25) is 0 Å². The van der Waals surface area contributed by atoms with Crippen molar-refractivity contribution in [1.82, 2.24) is 0 Å². The number of carbonyl (C=O) groups excluding carboxylic acids is 1. The van der Waals surface area contributed by atoms with E-state index < -0.39 is 11.2 Å². The maximum atomic E-state index is 11.2. The molecule has 2 aliphatic rings. The summed E-state index contributed by atoms with van der Waals surface area (Å²) in [5, 5.41) is 10.3. The van der Waals surface area contributed by atoms with Gasteiger partial charge in [0, 0.05) is 6.42 Å². The van der Waals surface area contributed by atoms with Gasteiger partial charge in [0.15, 0.2) is 0 Å². The average Bonchev–Trinajstić information content (AvgIpc) is 2.64. The van der Waals surface area contributed by atoms with E-state index in [0.29, 0.717) is 25.7 Å². The fourth-order valence-corrected chi connectivity index (χ4v) is 2.88. The minimum Gasteiger partial charge on any atom is -0.457 e. The highest BCUT2D eigenvalue weighted by molar-refractivity contribution is 5.72. The fourth-order valence-electron chi connectivity index (χ4n) is 2.88. The van der Waals surface area contributed by atoms with Crippen molar-refractivity contribution in [1.29, 1.82) is 0 Å². The molecular formula is C13H22O4. The summed E-state index contributed by atoms with van der Waals surface area (Å²) < 4.78 is 11.3. The van der Waals surface area contributed by atoms with Gasteiger partial charge in [-0.05, 0) is 39.5 Å². The second kappa shape index (κ2) is 4.25. The molecule has 17 heavy (non-hydrogen) atoms. The van der Waals surface area contributed by atoms with Crippen LogP contribution in [0.5, 0.6) is 0 Å². The van der Waals surface area contributed by atoms with Crippen LogP contribution >= 0.6 is 0 Å². The van der Waals surface area contributed by atoms with Gasteiger partial charge >= 0.3 is 5.97 Å². The zero-order valence-electron chi connectivity index (χ0n) is 10.9. The van der Waals surface area contributed by atoms with Gasteiger partial charge in [0.25, 0.3) is 0 Å². The Morgan fingerprint density at radius 2 is 2.18 bits per heavy atom. The second-order valence-electron chi connectivity index (χ2n) is 5.55. The highest BCUT2D eigenvalue weighted by atomic mass is 16.6. The van der Waals surface area contributed by atoms with Crippen LogP contribution in [-0.4, -0.2) is 34.5 Å². The summed E-state index contributed by atoms with van der Waals surface area (Å²) in [6.07, 6.45) is 3.05. The van der Waals surface area contributed by atoms with E-state index in [4.69, 9.17) is 9.47 Å². The molecule has 0 amide bonds. The number of cyclic esters (lactones) is 1. The van der Waals surface area contributed by atoms with Crippen molar-refractivity contribution in [3.8, 4) is 0 Å². The summed E-state index contributed by atoms with van der Waals surface area (Å²) in [5.41, 5.74) is -1.23. The molecule has 0 bridgehead atoms. The Morgan fingerprint density at radius 1 is 1.47 bits per heavy atom. The van der Waals surface area contributed by atoms with E-state index in [2.05, 4.69) is 0 Å². The molecule has 1 N–H and O–H groups in total. The van der Waals surface area contributed by atoms with Gasteiger partial charge in [0.05, 0.1) is 17.8 Å². The Hall–Kier alpha value is -0.610. The lowest BCUT2D eigenvalue weighted by Gasteiger charge is -2.45. The molecule has 2 fully saturated rings. The first-order valence-corrected chi connectivity index (χ1v) is 6.49. The molecule has 2 rings (SSSR count). The number of ether oxygens (including phenoxy) is 2. The van der Waals surface area contributed by atoms with Gasteiger partial charge in [-0.15, -0.1) is 0 Å². The van der Waals surface area contributed by atoms with Crippen molar-refractivity contribution in [2.24, 2.45) is 0 Å². The lowest BCUT2D eigenvalue weighted by Crippen LogP contribution is -2.54. The Morgan fingerprint density at radius 3 is 2.65 bits per heavy atom. The molecule has 2 saturated heterocycles. The molecule has 0 unspecified atom stereocenters. The number of hydrogen-bond acceptors (Lipinski definition) is 4. The lowest BCUT2D eigenvalue weighted by molar-refractivity contribution is -0.216. The first-order chi connectivity index (χ1) is 7.89. The Balaban J connectivity index is 2.05. The molecule has 0 aromatic heterocycles. The van der Waals surface area contributed by atoms with Crippen molar-refractivity contribution in [3.05, 3.63) is 0 Å². The third kappa shape index (κ3) is 2.20. The van der Waals surface area contributed by atoms with E-state index in [0.717, 1.165) is 6.42 Å². The van der Waals surface area contributed by atoms with E-state index in [-0.39, 0.29) is 18.2 Å². The standard InChI is InChI=1S/C13H22O4/c1-4-13(15)8-5-10(16-9(13)2)12(3)7-6-11(14)17-12/h9-10,15H,4-8H2,1-3H3/t9-,10+,12-,13+/m0/s1. The highest BCUT2D eigenvalue weighted by Gasteiger charge is 2.49. The third-order valence-corrected chi connectivity index (χ3v) is 4.43.